The topological polar surface area (TPSA) is 69.6 Å². The predicted molar refractivity (Wildman–Crippen MR) is 77.2 cm³/mol. The van der Waals surface area contributed by atoms with E-state index in [0.29, 0.717) is 17.3 Å². The standard InChI is InChI=1S/C15H10FN5O/c1-21-13-8-10(4-7-12(13)18-20-21)14-17-15(22-19-14)9-2-5-11(16)6-3-9/h2-8H,1H3. The molecule has 0 N–H and O–H groups in total. The molecule has 0 radical (unpaired) electrons. The third kappa shape index (κ3) is 2.03. The molecule has 0 saturated carbocycles. The van der Waals surface area contributed by atoms with E-state index in [9.17, 15) is 4.39 Å². The van der Waals surface area contributed by atoms with Gasteiger partial charge in [-0.15, -0.1) is 5.10 Å². The molecule has 0 aliphatic rings. The molecule has 22 heavy (non-hydrogen) atoms. The maximum Gasteiger partial charge on any atom is 0.258 e. The molecule has 0 spiro atoms. The summed E-state index contributed by atoms with van der Waals surface area (Å²) in [5.41, 5.74) is 3.15. The van der Waals surface area contributed by atoms with Crippen molar-refractivity contribution in [2.24, 2.45) is 7.05 Å². The van der Waals surface area contributed by atoms with Gasteiger partial charge in [0.05, 0.1) is 5.52 Å². The molecule has 0 bridgehead atoms. The molecule has 2 aromatic heterocycles. The molecule has 2 heterocycles. The van der Waals surface area contributed by atoms with Crippen LogP contribution in [-0.4, -0.2) is 25.1 Å². The van der Waals surface area contributed by atoms with E-state index in [1.54, 1.807) is 16.8 Å². The van der Waals surface area contributed by atoms with Crippen LogP contribution < -0.4 is 0 Å². The van der Waals surface area contributed by atoms with E-state index in [4.69, 9.17) is 4.52 Å². The highest BCUT2D eigenvalue weighted by atomic mass is 19.1. The molecular formula is C15H10FN5O. The van der Waals surface area contributed by atoms with Crippen LogP contribution in [0.4, 0.5) is 4.39 Å². The van der Waals surface area contributed by atoms with Crippen LogP contribution in [0.25, 0.3) is 33.9 Å². The molecule has 0 aliphatic carbocycles. The average Bonchev–Trinajstić information content (AvgIpc) is 3.16. The molecule has 6 nitrogen and oxygen atoms in total. The van der Waals surface area contributed by atoms with Gasteiger partial charge in [0.25, 0.3) is 5.89 Å². The molecule has 7 heteroatoms. The summed E-state index contributed by atoms with van der Waals surface area (Å²) in [6.07, 6.45) is 0. The first-order valence-electron chi connectivity index (χ1n) is 6.60. The van der Waals surface area contributed by atoms with Gasteiger partial charge >= 0.3 is 0 Å². The van der Waals surface area contributed by atoms with Crippen LogP contribution in [0.5, 0.6) is 0 Å². The van der Waals surface area contributed by atoms with Gasteiger partial charge in [-0.1, -0.05) is 10.4 Å². The van der Waals surface area contributed by atoms with Crippen LogP contribution in [0, 0.1) is 5.82 Å². The monoisotopic (exact) mass is 295 g/mol. The highest BCUT2D eigenvalue weighted by Crippen LogP contribution is 2.24. The van der Waals surface area contributed by atoms with E-state index < -0.39 is 0 Å². The van der Waals surface area contributed by atoms with Gasteiger partial charge in [0, 0.05) is 18.2 Å². The molecule has 0 fully saturated rings. The fourth-order valence-corrected chi connectivity index (χ4v) is 2.22. The zero-order valence-corrected chi connectivity index (χ0v) is 11.6. The van der Waals surface area contributed by atoms with E-state index >= 15 is 0 Å². The lowest BCUT2D eigenvalue weighted by atomic mass is 10.2. The number of halogens is 1. The number of fused-ring (bicyclic) bond motifs is 1. The Morgan fingerprint density at radius 2 is 1.82 bits per heavy atom. The maximum atomic E-state index is 12.9. The summed E-state index contributed by atoms with van der Waals surface area (Å²) in [6.45, 7) is 0. The molecule has 0 aliphatic heterocycles. The van der Waals surface area contributed by atoms with Gasteiger partial charge < -0.3 is 4.52 Å². The first-order chi connectivity index (χ1) is 10.7. The van der Waals surface area contributed by atoms with Crippen molar-refractivity contribution in [1.82, 2.24) is 25.1 Å². The second kappa shape index (κ2) is 4.73. The highest BCUT2D eigenvalue weighted by molar-refractivity contribution is 5.80. The van der Waals surface area contributed by atoms with Crippen LogP contribution in [0.3, 0.4) is 0 Å². The first kappa shape index (κ1) is 12.6. The van der Waals surface area contributed by atoms with Crippen molar-refractivity contribution < 1.29 is 8.91 Å². The largest absolute Gasteiger partial charge is 0.334 e. The van der Waals surface area contributed by atoms with Gasteiger partial charge in [-0.25, -0.2) is 9.07 Å². The fourth-order valence-electron chi connectivity index (χ4n) is 2.22. The Bertz CT molecular complexity index is 958. The molecular weight excluding hydrogens is 285 g/mol. The Morgan fingerprint density at radius 1 is 1.05 bits per heavy atom. The van der Waals surface area contributed by atoms with Crippen LogP contribution in [0.2, 0.25) is 0 Å². The number of rotatable bonds is 2. The Labute approximate surface area is 124 Å². The second-order valence-electron chi connectivity index (χ2n) is 4.85. The van der Waals surface area contributed by atoms with Gasteiger partial charge in [-0.2, -0.15) is 4.98 Å². The van der Waals surface area contributed by atoms with Gasteiger partial charge in [-0.3, -0.25) is 0 Å². The molecule has 2 aromatic carbocycles. The summed E-state index contributed by atoms with van der Waals surface area (Å²) < 4.78 is 19.9. The van der Waals surface area contributed by atoms with E-state index in [2.05, 4.69) is 20.5 Å². The van der Waals surface area contributed by atoms with Crippen molar-refractivity contribution in [2.75, 3.05) is 0 Å². The Morgan fingerprint density at radius 3 is 2.64 bits per heavy atom. The number of nitrogens with zero attached hydrogens (tertiary/aromatic N) is 5. The van der Waals surface area contributed by atoms with E-state index in [1.807, 2.05) is 25.2 Å². The van der Waals surface area contributed by atoms with Crippen LogP contribution in [0.15, 0.2) is 47.0 Å². The van der Waals surface area contributed by atoms with Crippen molar-refractivity contribution in [3.05, 3.63) is 48.3 Å². The maximum absolute atomic E-state index is 12.9. The Hall–Kier alpha value is -3.09. The van der Waals surface area contributed by atoms with Gasteiger partial charge in [-0.05, 0) is 42.5 Å². The summed E-state index contributed by atoms with van der Waals surface area (Å²) in [7, 11) is 1.82. The number of hydrogen-bond acceptors (Lipinski definition) is 5. The van der Waals surface area contributed by atoms with Crippen LogP contribution in [-0.2, 0) is 7.05 Å². The number of benzene rings is 2. The normalized spacial score (nSPS) is 11.2. The minimum Gasteiger partial charge on any atom is -0.334 e. The zero-order chi connectivity index (χ0) is 15.1. The van der Waals surface area contributed by atoms with Crippen molar-refractivity contribution in [2.45, 2.75) is 0 Å². The third-order valence-electron chi connectivity index (χ3n) is 3.39. The molecule has 0 atom stereocenters. The minimum absolute atomic E-state index is 0.308. The van der Waals surface area contributed by atoms with Gasteiger partial charge in [0.1, 0.15) is 11.3 Å². The molecule has 4 aromatic rings. The lowest BCUT2D eigenvalue weighted by Crippen LogP contribution is -1.90. The Kier molecular flexibility index (Phi) is 2.72. The highest BCUT2D eigenvalue weighted by Gasteiger charge is 2.12. The number of hydrogen-bond donors (Lipinski definition) is 0. The number of aryl methyl sites for hydroxylation is 1. The summed E-state index contributed by atoms with van der Waals surface area (Å²) in [5, 5.41) is 12.0. The van der Waals surface area contributed by atoms with E-state index in [-0.39, 0.29) is 5.82 Å². The fraction of sp³-hybridized carbons (Fsp3) is 0.0667. The SMILES string of the molecule is Cn1nnc2ccc(-c3noc(-c4ccc(F)cc4)n3)cc21. The van der Waals surface area contributed by atoms with Crippen LogP contribution in [0.1, 0.15) is 0 Å². The molecule has 0 unspecified atom stereocenters. The third-order valence-corrected chi connectivity index (χ3v) is 3.39. The Balaban J connectivity index is 1.76. The van der Waals surface area contributed by atoms with Crippen LogP contribution >= 0.6 is 0 Å². The zero-order valence-electron chi connectivity index (χ0n) is 11.6. The van der Waals surface area contributed by atoms with Gasteiger partial charge in [0.2, 0.25) is 5.82 Å². The summed E-state index contributed by atoms with van der Waals surface area (Å²) in [6, 6.07) is 11.5. The van der Waals surface area contributed by atoms with Crippen molar-refractivity contribution in [1.29, 1.82) is 0 Å². The summed E-state index contributed by atoms with van der Waals surface area (Å²) in [5.74, 6) is 0.498. The number of aromatic nitrogens is 5. The molecule has 4 rings (SSSR count). The van der Waals surface area contributed by atoms with E-state index in [1.165, 1.54) is 12.1 Å². The predicted octanol–water partition coefficient (Wildman–Crippen LogP) is 2.82. The average molecular weight is 295 g/mol. The van der Waals surface area contributed by atoms with E-state index in [0.717, 1.165) is 16.6 Å². The summed E-state index contributed by atoms with van der Waals surface area (Å²) in [4.78, 5) is 4.35. The van der Waals surface area contributed by atoms with Gasteiger partial charge in [0.15, 0.2) is 0 Å². The smallest absolute Gasteiger partial charge is 0.258 e. The summed E-state index contributed by atoms with van der Waals surface area (Å²) >= 11 is 0. The van der Waals surface area contributed by atoms with Crippen molar-refractivity contribution >= 4 is 11.0 Å². The first-order valence-corrected chi connectivity index (χ1v) is 6.60. The minimum atomic E-state index is -0.308. The quantitative estimate of drug-likeness (QED) is 0.568. The lowest BCUT2D eigenvalue weighted by Gasteiger charge is -1.96. The molecule has 108 valence electrons. The van der Waals surface area contributed by atoms with Crippen molar-refractivity contribution in [3.8, 4) is 22.8 Å². The van der Waals surface area contributed by atoms with Crippen molar-refractivity contribution in [3.63, 3.8) is 0 Å². The molecule has 0 amide bonds. The lowest BCUT2D eigenvalue weighted by molar-refractivity contribution is 0.432. The molecule has 0 saturated heterocycles. The second-order valence-corrected chi connectivity index (χ2v) is 4.85.